The number of carbonyl (C=O) groups is 3. The molecular formula is C75H136O6. The standard InChI is InChI=1S/C75H136O6/c1-4-7-10-13-16-19-22-25-28-31-32-33-34-35-36-37-38-39-40-41-42-45-47-50-53-56-59-62-65-68-74(77)80-71-72(81-75(78)69-66-63-60-57-54-51-48-44-30-27-24-21-18-15-12-9-6-3)70-79-73(76)67-64-61-58-55-52-49-46-43-29-26-23-20-17-14-11-8-5-2/h9,12,18,21,27,30-32,48,51,72H,4-8,10-11,13-17,19-20,22-26,28-29,33-47,49-50,52-71H2,1-3H3/b12-9-,21-18-,30-27-,32-31-,51-48-. The molecule has 81 heavy (non-hydrogen) atoms. The number of rotatable bonds is 66. The molecular weight excluding hydrogens is 997 g/mol. The second-order valence-electron chi connectivity index (χ2n) is 24.1. The van der Waals surface area contributed by atoms with Gasteiger partial charge in [0.1, 0.15) is 13.2 Å². The van der Waals surface area contributed by atoms with Crippen molar-refractivity contribution < 1.29 is 28.6 Å². The van der Waals surface area contributed by atoms with Gasteiger partial charge < -0.3 is 14.2 Å². The van der Waals surface area contributed by atoms with Crippen LogP contribution in [0.3, 0.4) is 0 Å². The van der Waals surface area contributed by atoms with E-state index in [1.54, 1.807) is 0 Å². The SMILES string of the molecule is CC/C=C\C/C=C\C/C=C\C/C=C\CCCCCCC(=O)OC(COC(=O)CCCCCCCCCCCCCCCCCCC)COC(=O)CCCCCCCCCCCCCCCCCCC/C=C\CCCCCCCCCC. The molecule has 0 spiro atoms. The van der Waals surface area contributed by atoms with Gasteiger partial charge >= 0.3 is 17.9 Å². The van der Waals surface area contributed by atoms with Gasteiger partial charge in [-0.05, 0) is 83.5 Å². The maximum Gasteiger partial charge on any atom is 0.306 e. The van der Waals surface area contributed by atoms with E-state index in [2.05, 4.69) is 81.5 Å². The molecule has 0 saturated heterocycles. The summed E-state index contributed by atoms with van der Waals surface area (Å²) in [7, 11) is 0. The summed E-state index contributed by atoms with van der Waals surface area (Å²) in [5.74, 6) is -0.878. The highest BCUT2D eigenvalue weighted by atomic mass is 16.6. The molecule has 1 unspecified atom stereocenters. The van der Waals surface area contributed by atoms with Gasteiger partial charge in [-0.15, -0.1) is 0 Å². The molecule has 0 aromatic heterocycles. The van der Waals surface area contributed by atoms with Crippen LogP contribution in [-0.4, -0.2) is 37.2 Å². The normalized spacial score (nSPS) is 12.4. The third-order valence-corrected chi connectivity index (χ3v) is 16.0. The van der Waals surface area contributed by atoms with Crippen molar-refractivity contribution in [1.82, 2.24) is 0 Å². The van der Waals surface area contributed by atoms with Crippen molar-refractivity contribution in [3.8, 4) is 0 Å². The lowest BCUT2D eigenvalue weighted by atomic mass is 10.0. The Bertz CT molecular complexity index is 1440. The van der Waals surface area contributed by atoms with E-state index >= 15 is 0 Å². The van der Waals surface area contributed by atoms with E-state index in [-0.39, 0.29) is 31.1 Å². The zero-order chi connectivity index (χ0) is 58.5. The van der Waals surface area contributed by atoms with Crippen molar-refractivity contribution in [2.24, 2.45) is 0 Å². The van der Waals surface area contributed by atoms with Crippen molar-refractivity contribution in [3.63, 3.8) is 0 Å². The van der Waals surface area contributed by atoms with Crippen molar-refractivity contribution in [3.05, 3.63) is 60.8 Å². The van der Waals surface area contributed by atoms with Crippen LogP contribution in [0.1, 0.15) is 380 Å². The lowest BCUT2D eigenvalue weighted by molar-refractivity contribution is -0.167. The molecule has 472 valence electrons. The molecule has 0 aliphatic carbocycles. The molecule has 0 radical (unpaired) electrons. The first-order chi connectivity index (χ1) is 40.0. The fraction of sp³-hybridized carbons (Fsp3) is 0.827. The van der Waals surface area contributed by atoms with E-state index in [1.807, 2.05) is 0 Å². The van der Waals surface area contributed by atoms with Gasteiger partial charge in [-0.1, -0.05) is 338 Å². The molecule has 0 aliphatic heterocycles. The second-order valence-corrected chi connectivity index (χ2v) is 24.1. The number of esters is 3. The minimum absolute atomic E-state index is 0.0796. The molecule has 0 amide bonds. The highest BCUT2D eigenvalue weighted by Gasteiger charge is 2.19. The molecule has 0 aromatic rings. The molecule has 0 fully saturated rings. The van der Waals surface area contributed by atoms with Crippen LogP contribution in [0.4, 0.5) is 0 Å². The van der Waals surface area contributed by atoms with E-state index < -0.39 is 6.10 Å². The van der Waals surface area contributed by atoms with Crippen molar-refractivity contribution in [1.29, 1.82) is 0 Å². The zero-order valence-corrected chi connectivity index (χ0v) is 54.3. The number of carbonyl (C=O) groups excluding carboxylic acids is 3. The van der Waals surface area contributed by atoms with Crippen molar-refractivity contribution in [2.75, 3.05) is 13.2 Å². The van der Waals surface area contributed by atoms with Crippen LogP contribution in [0.25, 0.3) is 0 Å². The zero-order valence-electron chi connectivity index (χ0n) is 54.3. The number of unbranched alkanes of at least 4 members (excludes halogenated alkanes) is 45. The minimum atomic E-state index is -0.786. The van der Waals surface area contributed by atoms with Gasteiger partial charge in [0.2, 0.25) is 0 Å². The fourth-order valence-electron chi connectivity index (χ4n) is 10.7. The van der Waals surface area contributed by atoms with E-state index in [0.717, 1.165) is 96.3 Å². The molecule has 6 heteroatoms. The predicted molar refractivity (Wildman–Crippen MR) is 353 cm³/mol. The van der Waals surface area contributed by atoms with E-state index in [1.165, 1.54) is 244 Å². The molecule has 0 saturated carbocycles. The van der Waals surface area contributed by atoms with Gasteiger partial charge in [0.05, 0.1) is 0 Å². The number of hydrogen-bond donors (Lipinski definition) is 0. The quantitative estimate of drug-likeness (QED) is 0.0261. The predicted octanol–water partition coefficient (Wildman–Crippen LogP) is 24.7. The van der Waals surface area contributed by atoms with Gasteiger partial charge in [-0.2, -0.15) is 0 Å². The highest BCUT2D eigenvalue weighted by molar-refractivity contribution is 5.71. The molecule has 0 N–H and O–H groups in total. The Morgan fingerprint density at radius 3 is 0.765 bits per heavy atom. The molecule has 0 aromatic carbocycles. The van der Waals surface area contributed by atoms with E-state index in [4.69, 9.17) is 14.2 Å². The molecule has 0 rings (SSSR count). The average Bonchev–Trinajstić information content (AvgIpc) is 3.47. The van der Waals surface area contributed by atoms with Crippen LogP contribution < -0.4 is 0 Å². The third kappa shape index (κ3) is 67.8. The minimum Gasteiger partial charge on any atom is -0.462 e. The maximum absolute atomic E-state index is 12.9. The molecule has 1 atom stereocenters. The lowest BCUT2D eigenvalue weighted by Gasteiger charge is -2.18. The Kier molecular flexibility index (Phi) is 67.1. The number of allylic oxidation sites excluding steroid dienone is 10. The number of ether oxygens (including phenoxy) is 3. The van der Waals surface area contributed by atoms with Gasteiger partial charge in [-0.3, -0.25) is 14.4 Å². The van der Waals surface area contributed by atoms with Crippen LogP contribution >= 0.6 is 0 Å². The van der Waals surface area contributed by atoms with Crippen LogP contribution in [0, 0.1) is 0 Å². The molecule has 0 aliphatic rings. The largest absolute Gasteiger partial charge is 0.462 e. The monoisotopic (exact) mass is 1130 g/mol. The second kappa shape index (κ2) is 69.6. The molecule has 0 heterocycles. The van der Waals surface area contributed by atoms with Gasteiger partial charge in [0, 0.05) is 19.3 Å². The first kappa shape index (κ1) is 78.1. The van der Waals surface area contributed by atoms with Crippen LogP contribution in [0.15, 0.2) is 60.8 Å². The average molecular weight is 1130 g/mol. The molecule has 0 bridgehead atoms. The number of hydrogen-bond acceptors (Lipinski definition) is 6. The van der Waals surface area contributed by atoms with Crippen LogP contribution in [0.2, 0.25) is 0 Å². The summed E-state index contributed by atoms with van der Waals surface area (Å²) >= 11 is 0. The Morgan fingerprint density at radius 2 is 0.481 bits per heavy atom. The van der Waals surface area contributed by atoms with Gasteiger partial charge in [-0.25, -0.2) is 0 Å². The van der Waals surface area contributed by atoms with Crippen LogP contribution in [-0.2, 0) is 28.6 Å². The summed E-state index contributed by atoms with van der Waals surface area (Å²) in [4.78, 5) is 38.4. The smallest absolute Gasteiger partial charge is 0.306 e. The van der Waals surface area contributed by atoms with Crippen molar-refractivity contribution >= 4 is 17.9 Å². The Morgan fingerprint density at radius 1 is 0.259 bits per heavy atom. The lowest BCUT2D eigenvalue weighted by Crippen LogP contribution is -2.30. The Labute approximate surface area is 504 Å². The summed E-state index contributed by atoms with van der Waals surface area (Å²) in [6.45, 7) is 6.57. The first-order valence-electron chi connectivity index (χ1n) is 35.8. The summed E-state index contributed by atoms with van der Waals surface area (Å²) in [6, 6.07) is 0. The maximum atomic E-state index is 12.9. The highest BCUT2D eigenvalue weighted by Crippen LogP contribution is 2.18. The molecule has 6 nitrogen and oxygen atoms in total. The summed E-state index contributed by atoms with van der Waals surface area (Å²) in [6.07, 6.45) is 89.7. The van der Waals surface area contributed by atoms with Crippen molar-refractivity contribution in [2.45, 2.75) is 386 Å². The topological polar surface area (TPSA) is 78.9 Å². The van der Waals surface area contributed by atoms with E-state index in [0.29, 0.717) is 19.3 Å². The Hall–Kier alpha value is -2.89. The summed E-state index contributed by atoms with van der Waals surface area (Å²) < 4.78 is 17.0. The summed E-state index contributed by atoms with van der Waals surface area (Å²) in [5.41, 5.74) is 0. The summed E-state index contributed by atoms with van der Waals surface area (Å²) in [5, 5.41) is 0. The third-order valence-electron chi connectivity index (χ3n) is 16.0. The van der Waals surface area contributed by atoms with Crippen LogP contribution in [0.5, 0.6) is 0 Å². The fourth-order valence-corrected chi connectivity index (χ4v) is 10.7. The Balaban J connectivity index is 4.25. The first-order valence-corrected chi connectivity index (χ1v) is 35.8. The van der Waals surface area contributed by atoms with Gasteiger partial charge in [0.15, 0.2) is 6.10 Å². The van der Waals surface area contributed by atoms with E-state index in [9.17, 15) is 14.4 Å². The van der Waals surface area contributed by atoms with Gasteiger partial charge in [0.25, 0.3) is 0 Å².